The summed E-state index contributed by atoms with van der Waals surface area (Å²) in [6.07, 6.45) is 0. The number of aromatic hydroxyl groups is 1. The Hall–Kier alpha value is -2.82. The third kappa shape index (κ3) is 6.34. The van der Waals surface area contributed by atoms with Crippen molar-refractivity contribution in [3.63, 3.8) is 0 Å². The molecule has 156 valence electrons. The molecule has 10 heteroatoms. The second kappa shape index (κ2) is 9.59. The lowest BCUT2D eigenvalue weighted by molar-refractivity contribution is -2.00. The molecule has 0 aliphatic heterocycles. The fraction of sp³-hybridized carbons (Fsp3) is 0.211. The highest BCUT2D eigenvalue weighted by Crippen LogP contribution is 2.37. The second-order valence-electron chi connectivity index (χ2n) is 5.54. The van der Waals surface area contributed by atoms with Gasteiger partial charge in [0.2, 0.25) is 0 Å². The molecule has 0 spiro atoms. The summed E-state index contributed by atoms with van der Waals surface area (Å²) in [5.41, 5.74) is 1.46. The van der Waals surface area contributed by atoms with Crippen LogP contribution < -0.4 is 32.8 Å². The number of methoxy groups -OCH3 is 2. The van der Waals surface area contributed by atoms with Crippen LogP contribution in [0.1, 0.15) is 6.92 Å². The predicted octanol–water partition coefficient (Wildman–Crippen LogP) is -0.254. The minimum Gasteiger partial charge on any atom is -0.508 e. The number of hydrogen-bond donors (Lipinski definition) is 1. The summed E-state index contributed by atoms with van der Waals surface area (Å²) in [4.78, 5) is 0. The van der Waals surface area contributed by atoms with Crippen LogP contribution in [0.3, 0.4) is 0 Å². The van der Waals surface area contributed by atoms with Gasteiger partial charge in [0.1, 0.15) is 16.9 Å². The van der Waals surface area contributed by atoms with Crippen molar-refractivity contribution in [1.82, 2.24) is 0 Å². The number of phenols is 1. The maximum Gasteiger partial charge on any atom is 0.364 e. The first kappa shape index (κ1) is 22.5. The summed E-state index contributed by atoms with van der Waals surface area (Å²) < 4.78 is 56.3. The van der Waals surface area contributed by atoms with Gasteiger partial charge in [0, 0.05) is 18.2 Å². The van der Waals surface area contributed by atoms with Crippen molar-refractivity contribution in [2.75, 3.05) is 20.8 Å². The van der Waals surface area contributed by atoms with Gasteiger partial charge in [0.15, 0.2) is 11.5 Å². The summed E-state index contributed by atoms with van der Waals surface area (Å²) in [6, 6.07) is 12.3. The Morgan fingerprint density at radius 3 is 2.14 bits per heavy atom. The van der Waals surface area contributed by atoms with E-state index in [1.54, 1.807) is 32.4 Å². The van der Waals surface area contributed by atoms with E-state index >= 15 is 0 Å². The Balaban J connectivity index is 0.000000537. The average molecular weight is 427 g/mol. The molecule has 0 atom stereocenters. The maximum absolute atomic E-state index is 9.71. The summed E-state index contributed by atoms with van der Waals surface area (Å²) in [6.45, 7) is 2.43. The molecule has 0 aliphatic carbocycles. The van der Waals surface area contributed by atoms with E-state index in [1.807, 2.05) is 31.2 Å². The van der Waals surface area contributed by atoms with Crippen molar-refractivity contribution in [2.24, 2.45) is 0 Å². The first-order valence-electron chi connectivity index (χ1n) is 8.23. The van der Waals surface area contributed by atoms with E-state index in [9.17, 15) is 5.11 Å². The lowest BCUT2D eigenvalue weighted by Crippen LogP contribution is -2.68. The zero-order valence-corrected chi connectivity index (χ0v) is 16.6. The Bertz CT molecular complexity index is 964. The number of hydrogen-bond acceptors (Lipinski definition) is 8. The molecule has 0 saturated carbocycles. The van der Waals surface area contributed by atoms with Gasteiger partial charge in [-0.05, 0) is 25.1 Å². The van der Waals surface area contributed by atoms with Crippen molar-refractivity contribution < 1.29 is 52.6 Å². The summed E-state index contributed by atoms with van der Waals surface area (Å²) >= 11 is 0. The molecule has 1 heterocycles. The molecule has 0 bridgehead atoms. The molecule has 1 N–H and O–H groups in total. The van der Waals surface area contributed by atoms with Gasteiger partial charge in [-0.1, -0.05) is 0 Å². The fourth-order valence-electron chi connectivity index (χ4n) is 2.55. The zero-order chi connectivity index (χ0) is 21.6. The van der Waals surface area contributed by atoms with Gasteiger partial charge in [0.25, 0.3) is 0 Å². The minimum atomic E-state index is -4.94. The Kier molecular flexibility index (Phi) is 7.43. The molecule has 29 heavy (non-hydrogen) atoms. The van der Waals surface area contributed by atoms with E-state index in [0.29, 0.717) is 35.2 Å². The quantitative estimate of drug-likeness (QED) is 0.544. The molecule has 0 aliphatic rings. The van der Waals surface area contributed by atoms with Crippen LogP contribution in [0.5, 0.6) is 23.0 Å². The van der Waals surface area contributed by atoms with E-state index in [4.69, 9.17) is 37.3 Å². The lowest BCUT2D eigenvalue weighted by atomic mass is 10.1. The van der Waals surface area contributed by atoms with Crippen molar-refractivity contribution >= 4 is 11.0 Å². The molecule has 9 nitrogen and oxygen atoms in total. The third-order valence-corrected chi connectivity index (χ3v) is 3.68. The highest BCUT2D eigenvalue weighted by atomic mass is 35.7. The van der Waals surface area contributed by atoms with Crippen LogP contribution >= 0.6 is 0 Å². The highest BCUT2D eigenvalue weighted by Gasteiger charge is 2.21. The molecule has 1 aromatic heterocycles. The van der Waals surface area contributed by atoms with Crippen LogP contribution in [0.2, 0.25) is 0 Å². The molecule has 0 unspecified atom stereocenters. The molecular formula is C19H19ClO9. The first-order valence-corrected chi connectivity index (χ1v) is 9.46. The van der Waals surface area contributed by atoms with E-state index in [-0.39, 0.29) is 5.75 Å². The summed E-state index contributed by atoms with van der Waals surface area (Å²) in [7, 11) is -1.76. The SMILES string of the molecule is CCOc1cc(-c2ccc(OC)c(OC)c2)[o+]c2ccc(O)cc12.[O-][Cl+3]([O-])([O-])[O-]. The van der Waals surface area contributed by atoms with Crippen LogP contribution in [0.25, 0.3) is 22.3 Å². The van der Waals surface area contributed by atoms with Crippen LogP contribution in [-0.4, -0.2) is 25.9 Å². The molecular weight excluding hydrogens is 408 g/mol. The maximum atomic E-state index is 9.71. The van der Waals surface area contributed by atoms with Gasteiger partial charge < -0.3 is 19.3 Å². The van der Waals surface area contributed by atoms with Crippen molar-refractivity contribution in [3.8, 4) is 34.3 Å². The van der Waals surface area contributed by atoms with Gasteiger partial charge in [-0.3, -0.25) is 0 Å². The molecule has 3 rings (SSSR count). The summed E-state index contributed by atoms with van der Waals surface area (Å²) in [5.74, 6) is 2.72. The van der Waals surface area contributed by atoms with E-state index < -0.39 is 10.2 Å². The molecule has 0 radical (unpaired) electrons. The predicted molar refractivity (Wildman–Crippen MR) is 92.0 cm³/mol. The number of phenolic OH excluding ortho intramolecular Hbond substituents is 1. The number of rotatable bonds is 5. The molecule has 0 saturated heterocycles. The molecule has 3 aromatic rings. The standard InChI is InChI=1S/C19H18O5.ClHO4/c1-4-23-18-11-17(24-15-8-6-13(20)10-14(15)18)12-5-7-16(21-2)19(9-12)22-3;2-1(3,4)5/h5-11H,4H2,1-3H3;(H,2,3,4,5). The van der Waals surface area contributed by atoms with Gasteiger partial charge in [-0.25, -0.2) is 23.1 Å². The lowest BCUT2D eigenvalue weighted by Gasteiger charge is -2.17. The van der Waals surface area contributed by atoms with Gasteiger partial charge >= 0.3 is 11.3 Å². The number of halogens is 1. The number of benzene rings is 2. The Labute approximate surface area is 168 Å². The normalized spacial score (nSPS) is 10.9. The highest BCUT2D eigenvalue weighted by molar-refractivity contribution is 5.87. The van der Waals surface area contributed by atoms with Gasteiger partial charge in [-0.2, -0.15) is 0 Å². The monoisotopic (exact) mass is 426 g/mol. The molecule has 2 aromatic carbocycles. The molecule has 0 amide bonds. The van der Waals surface area contributed by atoms with E-state index in [2.05, 4.69) is 0 Å². The van der Waals surface area contributed by atoms with Crippen LogP contribution in [0.4, 0.5) is 0 Å². The minimum absolute atomic E-state index is 0.164. The zero-order valence-electron chi connectivity index (χ0n) is 15.8. The topological polar surface area (TPSA) is 151 Å². The van der Waals surface area contributed by atoms with Crippen molar-refractivity contribution in [2.45, 2.75) is 6.92 Å². The van der Waals surface area contributed by atoms with E-state index in [1.165, 1.54) is 0 Å². The van der Waals surface area contributed by atoms with Crippen LogP contribution in [0.15, 0.2) is 46.9 Å². The third-order valence-electron chi connectivity index (χ3n) is 3.68. The number of ether oxygens (including phenoxy) is 3. The van der Waals surface area contributed by atoms with Crippen LogP contribution in [0, 0.1) is 10.2 Å². The van der Waals surface area contributed by atoms with Crippen molar-refractivity contribution in [3.05, 3.63) is 42.5 Å². The fourth-order valence-corrected chi connectivity index (χ4v) is 2.55. The number of fused-ring (bicyclic) bond motifs is 1. The smallest absolute Gasteiger partial charge is 0.364 e. The van der Waals surface area contributed by atoms with Crippen LogP contribution in [-0.2, 0) is 0 Å². The van der Waals surface area contributed by atoms with Gasteiger partial charge in [0.05, 0.1) is 32.5 Å². The molecule has 0 fully saturated rings. The second-order valence-corrected chi connectivity index (χ2v) is 6.29. The Morgan fingerprint density at radius 2 is 1.55 bits per heavy atom. The largest absolute Gasteiger partial charge is 0.508 e. The van der Waals surface area contributed by atoms with Crippen molar-refractivity contribution in [1.29, 1.82) is 0 Å². The van der Waals surface area contributed by atoms with Gasteiger partial charge in [-0.15, -0.1) is 10.2 Å². The average Bonchev–Trinajstić information content (AvgIpc) is 2.66. The first-order chi connectivity index (χ1) is 13.7. The summed E-state index contributed by atoms with van der Waals surface area (Å²) in [5, 5.41) is 10.4. The van der Waals surface area contributed by atoms with E-state index in [0.717, 1.165) is 10.9 Å². The Morgan fingerprint density at radius 1 is 0.897 bits per heavy atom.